The zero-order chi connectivity index (χ0) is 21.9. The molecule has 1 atom stereocenters. The number of benzene rings is 2. The molecule has 2 heterocycles. The van der Waals surface area contributed by atoms with Crippen molar-refractivity contribution in [2.45, 2.75) is 38.1 Å². The molecule has 1 saturated heterocycles. The summed E-state index contributed by atoms with van der Waals surface area (Å²) in [7, 11) is 4.08. The maximum atomic E-state index is 15.0. The molecule has 160 valence electrons. The molecule has 1 aliphatic heterocycles. The van der Waals surface area contributed by atoms with Gasteiger partial charge in [-0.25, -0.2) is 13.8 Å². The third kappa shape index (κ3) is 3.17. The van der Waals surface area contributed by atoms with Gasteiger partial charge in [-0.2, -0.15) is 5.26 Å². The second kappa shape index (κ2) is 7.31. The number of nitrogens with zero attached hydrogens (tertiary/aromatic N) is 4. The smallest absolute Gasteiger partial charge is 0.198 e. The van der Waals surface area contributed by atoms with Crippen molar-refractivity contribution in [1.29, 1.82) is 5.26 Å². The molecule has 5 rings (SSSR count). The van der Waals surface area contributed by atoms with Gasteiger partial charge in [0.05, 0.1) is 11.3 Å². The second-order valence-corrected chi connectivity index (χ2v) is 8.79. The van der Waals surface area contributed by atoms with Crippen LogP contribution in [-0.4, -0.2) is 43.1 Å². The minimum atomic E-state index is -0.916. The van der Waals surface area contributed by atoms with E-state index in [0.717, 1.165) is 38.4 Å². The molecule has 0 amide bonds. The van der Waals surface area contributed by atoms with Crippen molar-refractivity contribution in [2.24, 2.45) is 0 Å². The predicted molar refractivity (Wildman–Crippen MR) is 115 cm³/mol. The molecular formula is C24H24F2N4O. The highest BCUT2D eigenvalue weighted by molar-refractivity contribution is 6.02. The number of rotatable bonds is 4. The monoisotopic (exact) mass is 422 g/mol. The lowest BCUT2D eigenvalue weighted by Crippen LogP contribution is -2.31. The molecule has 0 spiro atoms. The number of fused-ring (bicyclic) bond motifs is 1. The zero-order valence-corrected chi connectivity index (χ0v) is 17.9. The van der Waals surface area contributed by atoms with Crippen molar-refractivity contribution in [1.82, 2.24) is 9.88 Å². The van der Waals surface area contributed by atoms with E-state index in [1.54, 1.807) is 13.0 Å². The first-order valence-electron chi connectivity index (χ1n) is 10.6. The Bertz CT molecular complexity index is 1220. The molecule has 2 fully saturated rings. The number of hydrogen-bond acceptors (Lipinski definition) is 5. The lowest BCUT2D eigenvalue weighted by atomic mass is 9.92. The van der Waals surface area contributed by atoms with E-state index in [-0.39, 0.29) is 11.5 Å². The van der Waals surface area contributed by atoms with Crippen LogP contribution in [0.5, 0.6) is 0 Å². The summed E-state index contributed by atoms with van der Waals surface area (Å²) in [5.74, 6) is -0.924. The van der Waals surface area contributed by atoms with Crippen LogP contribution in [0.1, 0.15) is 42.2 Å². The van der Waals surface area contributed by atoms with Crippen LogP contribution in [0.4, 0.5) is 14.5 Å². The number of likely N-dealkylation sites (N-methyl/N-ethyl adjacent to an activating group) is 1. The van der Waals surface area contributed by atoms with Gasteiger partial charge in [0.25, 0.3) is 0 Å². The first kappa shape index (κ1) is 20.0. The highest BCUT2D eigenvalue weighted by Crippen LogP contribution is 2.48. The van der Waals surface area contributed by atoms with Gasteiger partial charge in [-0.1, -0.05) is 12.1 Å². The van der Waals surface area contributed by atoms with Crippen LogP contribution in [0.25, 0.3) is 22.2 Å². The summed E-state index contributed by atoms with van der Waals surface area (Å²) in [6, 6.07) is 6.74. The number of hydrogen-bond donors (Lipinski definition) is 0. The van der Waals surface area contributed by atoms with Crippen LogP contribution in [0.15, 0.2) is 22.6 Å². The molecular weight excluding hydrogens is 398 g/mol. The Labute approximate surface area is 179 Å². The molecule has 7 heteroatoms. The third-order valence-corrected chi connectivity index (χ3v) is 6.55. The highest BCUT2D eigenvalue weighted by atomic mass is 19.2. The average Bonchev–Trinajstić information content (AvgIpc) is 3.31. The summed E-state index contributed by atoms with van der Waals surface area (Å²) < 4.78 is 35.4. The zero-order valence-electron chi connectivity index (χ0n) is 17.9. The summed E-state index contributed by atoms with van der Waals surface area (Å²) in [5, 5.41) is 9.93. The van der Waals surface area contributed by atoms with Crippen LogP contribution in [0.3, 0.4) is 0 Å². The molecule has 1 aliphatic carbocycles. The van der Waals surface area contributed by atoms with Gasteiger partial charge in [-0.05, 0) is 51.9 Å². The van der Waals surface area contributed by atoms with Crippen molar-refractivity contribution in [3.8, 4) is 17.2 Å². The van der Waals surface area contributed by atoms with Gasteiger partial charge in [0.15, 0.2) is 23.1 Å². The van der Waals surface area contributed by atoms with E-state index in [1.165, 1.54) is 6.07 Å². The first-order chi connectivity index (χ1) is 14.9. The molecule has 3 aromatic rings. The lowest BCUT2D eigenvalue weighted by molar-refractivity contribution is 0.315. The fourth-order valence-electron chi connectivity index (χ4n) is 4.60. The Balaban J connectivity index is 1.83. The standard InChI is InChI=1S/C24H24F2N4O/c1-13-17(11-27)21-23(31-24(28-21)14-7-8-14)22(30-10-9-15(12-30)29(2)3)19(13)16-5-4-6-18(25)20(16)26/h4-6,14-15H,7-10,12H2,1-3H3. The van der Waals surface area contributed by atoms with Crippen LogP contribution in [0, 0.1) is 29.9 Å². The van der Waals surface area contributed by atoms with E-state index >= 15 is 0 Å². The van der Waals surface area contributed by atoms with E-state index in [9.17, 15) is 14.0 Å². The maximum absolute atomic E-state index is 15.0. The average molecular weight is 422 g/mol. The van der Waals surface area contributed by atoms with Crippen molar-refractivity contribution >= 4 is 16.8 Å². The van der Waals surface area contributed by atoms with E-state index < -0.39 is 11.6 Å². The van der Waals surface area contributed by atoms with E-state index in [0.29, 0.717) is 45.4 Å². The Kier molecular flexibility index (Phi) is 4.71. The lowest BCUT2D eigenvalue weighted by Gasteiger charge is -2.26. The topological polar surface area (TPSA) is 56.3 Å². The molecule has 2 aliphatic rings. The van der Waals surface area contributed by atoms with E-state index in [4.69, 9.17) is 4.42 Å². The van der Waals surface area contributed by atoms with Gasteiger partial charge in [-0.15, -0.1) is 0 Å². The van der Waals surface area contributed by atoms with Gasteiger partial charge in [0.1, 0.15) is 11.6 Å². The molecule has 2 aromatic carbocycles. The van der Waals surface area contributed by atoms with Crippen LogP contribution >= 0.6 is 0 Å². The Morgan fingerprint density at radius 2 is 2.00 bits per heavy atom. The summed E-state index contributed by atoms with van der Waals surface area (Å²) in [6.45, 7) is 3.27. The minimum Gasteiger partial charge on any atom is -0.438 e. The van der Waals surface area contributed by atoms with Crippen molar-refractivity contribution in [2.75, 3.05) is 32.1 Å². The van der Waals surface area contributed by atoms with Crippen LogP contribution in [-0.2, 0) is 0 Å². The molecule has 0 bridgehead atoms. The fraction of sp³-hybridized carbons (Fsp3) is 0.417. The third-order valence-electron chi connectivity index (χ3n) is 6.55. The number of aromatic nitrogens is 1. The maximum Gasteiger partial charge on any atom is 0.198 e. The molecule has 1 aromatic heterocycles. The summed E-state index contributed by atoms with van der Waals surface area (Å²) in [5.41, 5.74) is 3.34. The van der Waals surface area contributed by atoms with Gasteiger partial charge < -0.3 is 14.2 Å². The van der Waals surface area contributed by atoms with E-state index in [2.05, 4.69) is 20.9 Å². The largest absolute Gasteiger partial charge is 0.438 e. The summed E-state index contributed by atoms with van der Waals surface area (Å²) >= 11 is 0. The number of halogens is 2. The summed E-state index contributed by atoms with van der Waals surface area (Å²) in [4.78, 5) is 9.02. The normalized spacial score (nSPS) is 18.9. The summed E-state index contributed by atoms with van der Waals surface area (Å²) in [6.07, 6.45) is 2.98. The molecule has 1 unspecified atom stereocenters. The van der Waals surface area contributed by atoms with Crippen molar-refractivity contribution in [3.05, 3.63) is 46.9 Å². The van der Waals surface area contributed by atoms with Gasteiger partial charge in [-0.3, -0.25) is 0 Å². The Hall–Kier alpha value is -2.98. The SMILES string of the molecule is Cc1c(-c2cccc(F)c2F)c(N2CCC(N(C)C)C2)c2oc(C3CC3)nc2c1C#N. The predicted octanol–water partition coefficient (Wildman–Crippen LogP) is 4.97. The molecule has 31 heavy (non-hydrogen) atoms. The van der Waals surface area contributed by atoms with Gasteiger partial charge in [0.2, 0.25) is 0 Å². The number of anilines is 1. The molecule has 0 radical (unpaired) electrons. The van der Waals surface area contributed by atoms with Crippen molar-refractivity contribution in [3.63, 3.8) is 0 Å². The second-order valence-electron chi connectivity index (χ2n) is 8.79. The fourth-order valence-corrected chi connectivity index (χ4v) is 4.60. The number of oxazole rings is 1. The molecule has 0 N–H and O–H groups in total. The van der Waals surface area contributed by atoms with E-state index in [1.807, 2.05) is 14.1 Å². The minimum absolute atomic E-state index is 0.142. The molecule has 1 saturated carbocycles. The van der Waals surface area contributed by atoms with Gasteiger partial charge >= 0.3 is 0 Å². The quantitative estimate of drug-likeness (QED) is 0.594. The Morgan fingerprint density at radius 1 is 1.23 bits per heavy atom. The first-order valence-corrected chi connectivity index (χ1v) is 10.6. The number of nitriles is 1. The van der Waals surface area contributed by atoms with Crippen molar-refractivity contribution < 1.29 is 13.2 Å². The van der Waals surface area contributed by atoms with Crippen LogP contribution < -0.4 is 4.90 Å². The highest BCUT2D eigenvalue weighted by Gasteiger charge is 2.35. The molecule has 5 nitrogen and oxygen atoms in total. The Morgan fingerprint density at radius 3 is 2.65 bits per heavy atom. The van der Waals surface area contributed by atoms with Crippen LogP contribution in [0.2, 0.25) is 0 Å². The van der Waals surface area contributed by atoms with Gasteiger partial charge in [0, 0.05) is 36.2 Å².